The van der Waals surface area contributed by atoms with Crippen LogP contribution in [0.5, 0.6) is 0 Å². The van der Waals surface area contributed by atoms with Crippen LogP contribution in [0.1, 0.15) is 13.3 Å². The van der Waals surface area contributed by atoms with Gasteiger partial charge in [-0.25, -0.2) is 4.39 Å². The molecule has 0 bridgehead atoms. The SMILES string of the molecule is CC(CC(=O)O)Nc1cccc(F)c1. The lowest BCUT2D eigenvalue weighted by molar-refractivity contribution is -0.137. The molecule has 1 rings (SSSR count). The standard InChI is InChI=1S/C10H12FNO2/c1-7(5-10(13)14)12-9-4-2-3-8(11)6-9/h2-4,6-7,12H,5H2,1H3,(H,13,14). The molecule has 0 aromatic heterocycles. The summed E-state index contributed by atoms with van der Waals surface area (Å²) in [7, 11) is 0. The van der Waals surface area contributed by atoms with Gasteiger partial charge in [-0.1, -0.05) is 6.07 Å². The second-order valence-corrected chi connectivity index (χ2v) is 3.15. The zero-order valence-corrected chi connectivity index (χ0v) is 7.83. The van der Waals surface area contributed by atoms with Crippen molar-refractivity contribution in [2.24, 2.45) is 0 Å². The highest BCUT2D eigenvalue weighted by Gasteiger charge is 2.06. The van der Waals surface area contributed by atoms with E-state index in [1.807, 2.05) is 0 Å². The zero-order valence-electron chi connectivity index (χ0n) is 7.83. The van der Waals surface area contributed by atoms with Crippen molar-refractivity contribution in [1.29, 1.82) is 0 Å². The van der Waals surface area contributed by atoms with Crippen LogP contribution < -0.4 is 5.32 Å². The van der Waals surface area contributed by atoms with Gasteiger partial charge in [0, 0.05) is 11.7 Å². The predicted octanol–water partition coefficient (Wildman–Crippen LogP) is 2.10. The van der Waals surface area contributed by atoms with E-state index < -0.39 is 5.97 Å². The Morgan fingerprint density at radius 3 is 2.93 bits per heavy atom. The summed E-state index contributed by atoms with van der Waals surface area (Å²) in [6, 6.07) is 5.73. The van der Waals surface area contributed by atoms with Crippen molar-refractivity contribution < 1.29 is 14.3 Å². The van der Waals surface area contributed by atoms with Crippen molar-refractivity contribution in [3.05, 3.63) is 30.1 Å². The largest absolute Gasteiger partial charge is 0.481 e. The monoisotopic (exact) mass is 197 g/mol. The molecule has 4 heteroatoms. The molecule has 0 radical (unpaired) electrons. The van der Waals surface area contributed by atoms with Gasteiger partial charge in [-0.3, -0.25) is 4.79 Å². The fourth-order valence-corrected chi connectivity index (χ4v) is 1.18. The third kappa shape index (κ3) is 3.43. The number of anilines is 1. The third-order valence-electron chi connectivity index (χ3n) is 1.72. The van der Waals surface area contributed by atoms with E-state index in [1.54, 1.807) is 19.1 Å². The van der Waals surface area contributed by atoms with Crippen LogP contribution in [-0.2, 0) is 4.79 Å². The Labute approximate surface area is 81.6 Å². The van der Waals surface area contributed by atoms with Crippen LogP contribution in [0.2, 0.25) is 0 Å². The first-order chi connectivity index (χ1) is 6.58. The topological polar surface area (TPSA) is 49.3 Å². The normalized spacial score (nSPS) is 12.1. The van der Waals surface area contributed by atoms with Gasteiger partial charge in [-0.2, -0.15) is 0 Å². The highest BCUT2D eigenvalue weighted by molar-refractivity contribution is 5.68. The average Bonchev–Trinajstić information content (AvgIpc) is 2.01. The Bertz CT molecular complexity index is 328. The Hall–Kier alpha value is -1.58. The molecule has 0 aliphatic rings. The molecule has 76 valence electrons. The minimum Gasteiger partial charge on any atom is -0.481 e. The second-order valence-electron chi connectivity index (χ2n) is 3.15. The minimum atomic E-state index is -0.874. The maximum atomic E-state index is 12.7. The molecule has 1 unspecified atom stereocenters. The van der Waals surface area contributed by atoms with Crippen molar-refractivity contribution in [3.8, 4) is 0 Å². The number of nitrogens with one attached hydrogen (secondary N) is 1. The van der Waals surface area contributed by atoms with E-state index in [0.29, 0.717) is 5.69 Å². The van der Waals surface area contributed by atoms with E-state index in [0.717, 1.165) is 0 Å². The average molecular weight is 197 g/mol. The number of carboxylic acid groups (broad SMARTS) is 1. The highest BCUT2D eigenvalue weighted by atomic mass is 19.1. The number of hydrogen-bond acceptors (Lipinski definition) is 2. The van der Waals surface area contributed by atoms with Crippen molar-refractivity contribution in [2.75, 3.05) is 5.32 Å². The summed E-state index contributed by atoms with van der Waals surface area (Å²) >= 11 is 0. The van der Waals surface area contributed by atoms with Crippen LogP contribution in [0, 0.1) is 5.82 Å². The molecule has 0 fully saturated rings. The van der Waals surface area contributed by atoms with Gasteiger partial charge in [0.05, 0.1) is 6.42 Å². The van der Waals surface area contributed by atoms with E-state index in [-0.39, 0.29) is 18.3 Å². The number of carbonyl (C=O) groups is 1. The molecule has 0 amide bonds. The van der Waals surface area contributed by atoms with Crippen LogP contribution in [0.4, 0.5) is 10.1 Å². The first-order valence-electron chi connectivity index (χ1n) is 4.32. The number of hydrogen-bond donors (Lipinski definition) is 2. The van der Waals surface area contributed by atoms with Gasteiger partial charge < -0.3 is 10.4 Å². The maximum absolute atomic E-state index is 12.7. The number of halogens is 1. The first kappa shape index (κ1) is 10.5. The molecule has 0 spiro atoms. The maximum Gasteiger partial charge on any atom is 0.305 e. The Balaban J connectivity index is 2.55. The summed E-state index contributed by atoms with van der Waals surface area (Å²) in [4.78, 5) is 10.4. The van der Waals surface area contributed by atoms with Crippen LogP contribution in [-0.4, -0.2) is 17.1 Å². The Kier molecular flexibility index (Phi) is 3.45. The van der Waals surface area contributed by atoms with Gasteiger partial charge in [0.25, 0.3) is 0 Å². The fourth-order valence-electron chi connectivity index (χ4n) is 1.18. The summed E-state index contributed by atoms with van der Waals surface area (Å²) < 4.78 is 12.7. The summed E-state index contributed by atoms with van der Waals surface area (Å²) in [5.74, 6) is -1.21. The van der Waals surface area contributed by atoms with E-state index in [1.165, 1.54) is 12.1 Å². The van der Waals surface area contributed by atoms with Gasteiger partial charge in [-0.05, 0) is 25.1 Å². The molecule has 1 aromatic rings. The summed E-state index contributed by atoms with van der Waals surface area (Å²) in [5.41, 5.74) is 0.596. The fraction of sp³-hybridized carbons (Fsp3) is 0.300. The molecule has 14 heavy (non-hydrogen) atoms. The molecule has 1 aromatic carbocycles. The van der Waals surface area contributed by atoms with Gasteiger partial charge in [0.15, 0.2) is 0 Å². The second kappa shape index (κ2) is 4.60. The van der Waals surface area contributed by atoms with Crippen molar-refractivity contribution in [2.45, 2.75) is 19.4 Å². The smallest absolute Gasteiger partial charge is 0.305 e. The molecule has 3 nitrogen and oxygen atoms in total. The molecule has 0 saturated carbocycles. The van der Waals surface area contributed by atoms with Gasteiger partial charge in [-0.15, -0.1) is 0 Å². The number of rotatable bonds is 4. The Morgan fingerprint density at radius 1 is 1.64 bits per heavy atom. The summed E-state index contributed by atoms with van der Waals surface area (Å²) in [5, 5.41) is 11.4. The Morgan fingerprint density at radius 2 is 2.36 bits per heavy atom. The number of aliphatic carboxylic acids is 1. The molecule has 0 saturated heterocycles. The van der Waals surface area contributed by atoms with Crippen LogP contribution in [0.3, 0.4) is 0 Å². The third-order valence-corrected chi connectivity index (χ3v) is 1.72. The highest BCUT2D eigenvalue weighted by Crippen LogP contribution is 2.11. The van der Waals surface area contributed by atoms with E-state index in [4.69, 9.17) is 5.11 Å². The lowest BCUT2D eigenvalue weighted by atomic mass is 10.2. The van der Waals surface area contributed by atoms with E-state index >= 15 is 0 Å². The quantitative estimate of drug-likeness (QED) is 0.777. The molecule has 0 heterocycles. The van der Waals surface area contributed by atoms with Crippen LogP contribution in [0.15, 0.2) is 24.3 Å². The first-order valence-corrected chi connectivity index (χ1v) is 4.32. The summed E-state index contributed by atoms with van der Waals surface area (Å²) in [6.07, 6.45) is 0.0104. The van der Waals surface area contributed by atoms with E-state index in [9.17, 15) is 9.18 Å². The minimum absolute atomic E-state index is 0.0104. The predicted molar refractivity (Wildman–Crippen MR) is 51.7 cm³/mol. The summed E-state index contributed by atoms with van der Waals surface area (Å²) in [6.45, 7) is 1.74. The number of benzene rings is 1. The van der Waals surface area contributed by atoms with E-state index in [2.05, 4.69) is 5.32 Å². The lowest BCUT2D eigenvalue weighted by Crippen LogP contribution is -2.19. The van der Waals surface area contributed by atoms with Crippen molar-refractivity contribution in [1.82, 2.24) is 0 Å². The van der Waals surface area contributed by atoms with Gasteiger partial charge in [0.2, 0.25) is 0 Å². The lowest BCUT2D eigenvalue weighted by Gasteiger charge is -2.12. The van der Waals surface area contributed by atoms with Crippen molar-refractivity contribution in [3.63, 3.8) is 0 Å². The molecular formula is C10H12FNO2. The van der Waals surface area contributed by atoms with Crippen LogP contribution in [0.25, 0.3) is 0 Å². The van der Waals surface area contributed by atoms with Gasteiger partial charge in [0.1, 0.15) is 5.82 Å². The molecular weight excluding hydrogens is 185 g/mol. The molecule has 0 aliphatic carbocycles. The zero-order chi connectivity index (χ0) is 10.6. The van der Waals surface area contributed by atoms with Crippen LogP contribution >= 0.6 is 0 Å². The molecule has 0 aliphatic heterocycles. The van der Waals surface area contributed by atoms with Crippen molar-refractivity contribution >= 4 is 11.7 Å². The molecule has 1 atom stereocenters. The van der Waals surface area contributed by atoms with Gasteiger partial charge >= 0.3 is 5.97 Å². The molecule has 2 N–H and O–H groups in total. The number of carboxylic acids is 1.